The Morgan fingerprint density at radius 2 is 1.91 bits per heavy atom. The molecule has 0 saturated heterocycles. The molecule has 1 N–H and O–H groups in total. The van der Waals surface area contributed by atoms with Crippen LogP contribution in [-0.4, -0.2) is 18.3 Å². The van der Waals surface area contributed by atoms with Crippen molar-refractivity contribution in [3.63, 3.8) is 0 Å². The minimum absolute atomic E-state index is 0.178. The van der Waals surface area contributed by atoms with E-state index < -0.39 is 11.7 Å². The molecule has 2 aromatic carbocycles. The van der Waals surface area contributed by atoms with Crippen LogP contribution in [0.2, 0.25) is 10.0 Å². The van der Waals surface area contributed by atoms with Crippen LogP contribution in [0.5, 0.6) is 11.5 Å². The van der Waals surface area contributed by atoms with Gasteiger partial charge in [0.15, 0.2) is 11.5 Å². The summed E-state index contributed by atoms with van der Waals surface area (Å²) in [7, 11) is 1.52. The number of ether oxygens (including phenoxy) is 2. The molecule has 0 aliphatic rings. The molecule has 3 aromatic rings. The number of pyridine rings is 1. The first-order chi connectivity index (χ1) is 15.2. The Labute approximate surface area is 205 Å². The summed E-state index contributed by atoms with van der Waals surface area (Å²) in [4.78, 5) is 3.70. The summed E-state index contributed by atoms with van der Waals surface area (Å²) in [5.74, 6) is 1.22. The summed E-state index contributed by atoms with van der Waals surface area (Å²) < 4.78 is 49.9. The van der Waals surface area contributed by atoms with Crippen LogP contribution in [0.15, 0.2) is 53.8 Å². The molecular weight excluding hydrogens is 581 g/mol. The maximum atomic E-state index is 12.6. The standard InChI is InChI=1S/C21H15Cl2F3IN3O2/c1-31-18-8-13(9-29-30-19-5-3-14(10-28-19)21(24,25)26)7-17(27)20(18)32-11-12-2-4-15(22)16(23)6-12/h2-10H,11H2,1H3,(H,28,30)/b29-9-. The highest BCUT2D eigenvalue weighted by Crippen LogP contribution is 2.34. The molecule has 168 valence electrons. The van der Waals surface area contributed by atoms with Gasteiger partial charge >= 0.3 is 6.18 Å². The number of halogens is 6. The summed E-state index contributed by atoms with van der Waals surface area (Å²) in [6.07, 6.45) is -2.21. The maximum absolute atomic E-state index is 12.6. The average molecular weight is 596 g/mol. The van der Waals surface area contributed by atoms with Crippen molar-refractivity contribution in [2.75, 3.05) is 12.5 Å². The van der Waals surface area contributed by atoms with Crippen molar-refractivity contribution in [3.8, 4) is 11.5 Å². The van der Waals surface area contributed by atoms with Crippen LogP contribution >= 0.6 is 45.8 Å². The van der Waals surface area contributed by atoms with Gasteiger partial charge < -0.3 is 9.47 Å². The summed E-state index contributed by atoms with van der Waals surface area (Å²) in [5, 5.41) is 4.92. The topological polar surface area (TPSA) is 55.7 Å². The second-order valence-electron chi connectivity index (χ2n) is 6.37. The first-order valence-electron chi connectivity index (χ1n) is 8.94. The first kappa shape index (κ1) is 24.4. The van der Waals surface area contributed by atoms with E-state index in [1.165, 1.54) is 19.4 Å². The van der Waals surface area contributed by atoms with Gasteiger partial charge in [-0.1, -0.05) is 29.3 Å². The van der Waals surface area contributed by atoms with E-state index in [4.69, 9.17) is 32.7 Å². The predicted molar refractivity (Wildman–Crippen MR) is 127 cm³/mol. The van der Waals surface area contributed by atoms with Crippen molar-refractivity contribution in [2.45, 2.75) is 12.8 Å². The molecule has 1 aromatic heterocycles. The number of nitrogens with zero attached hydrogens (tertiary/aromatic N) is 2. The van der Waals surface area contributed by atoms with E-state index in [0.29, 0.717) is 27.1 Å². The van der Waals surface area contributed by atoms with Crippen LogP contribution in [0, 0.1) is 3.57 Å². The van der Waals surface area contributed by atoms with Crippen molar-refractivity contribution < 1.29 is 22.6 Å². The summed E-state index contributed by atoms with van der Waals surface area (Å²) in [6, 6.07) is 10.9. The van der Waals surface area contributed by atoms with Crippen molar-refractivity contribution in [3.05, 3.63) is 79.0 Å². The molecule has 0 atom stereocenters. The Morgan fingerprint density at radius 1 is 1.12 bits per heavy atom. The van der Waals surface area contributed by atoms with Crippen LogP contribution in [0.3, 0.4) is 0 Å². The van der Waals surface area contributed by atoms with Gasteiger partial charge in [0.25, 0.3) is 0 Å². The molecule has 0 aliphatic heterocycles. The fraction of sp³-hybridized carbons (Fsp3) is 0.143. The number of hydrogen-bond acceptors (Lipinski definition) is 5. The third-order valence-electron chi connectivity index (χ3n) is 4.10. The minimum Gasteiger partial charge on any atom is -0.493 e. The Hall–Kier alpha value is -2.24. The van der Waals surface area contributed by atoms with E-state index in [1.54, 1.807) is 18.2 Å². The first-order valence-corrected chi connectivity index (χ1v) is 10.8. The molecule has 11 heteroatoms. The molecular formula is C21H15Cl2F3IN3O2. The molecule has 0 saturated carbocycles. The van der Waals surface area contributed by atoms with Gasteiger partial charge in [-0.3, -0.25) is 5.43 Å². The van der Waals surface area contributed by atoms with Crippen molar-refractivity contribution in [1.29, 1.82) is 0 Å². The van der Waals surface area contributed by atoms with E-state index >= 15 is 0 Å². The van der Waals surface area contributed by atoms with Crippen LogP contribution in [0.4, 0.5) is 19.0 Å². The second-order valence-corrected chi connectivity index (χ2v) is 8.35. The lowest BCUT2D eigenvalue weighted by Gasteiger charge is -2.14. The Kier molecular flexibility index (Phi) is 8.07. The molecule has 0 spiro atoms. The van der Waals surface area contributed by atoms with E-state index in [2.05, 4.69) is 38.1 Å². The van der Waals surface area contributed by atoms with Crippen molar-refractivity contribution in [1.82, 2.24) is 4.98 Å². The predicted octanol–water partition coefficient (Wildman–Crippen LogP) is 7.05. The number of hydrazone groups is 1. The fourth-order valence-corrected chi connectivity index (χ4v) is 3.64. The highest BCUT2D eigenvalue weighted by Gasteiger charge is 2.30. The van der Waals surface area contributed by atoms with Gasteiger partial charge in [-0.2, -0.15) is 18.3 Å². The number of nitrogens with one attached hydrogen (secondary N) is 1. The van der Waals surface area contributed by atoms with E-state index in [-0.39, 0.29) is 12.4 Å². The Morgan fingerprint density at radius 3 is 2.53 bits per heavy atom. The Balaban J connectivity index is 1.69. The third-order valence-corrected chi connectivity index (χ3v) is 5.64. The molecule has 32 heavy (non-hydrogen) atoms. The molecule has 0 radical (unpaired) electrons. The van der Waals surface area contributed by atoms with Gasteiger partial charge in [0.05, 0.1) is 32.5 Å². The highest BCUT2D eigenvalue weighted by atomic mass is 127. The number of rotatable bonds is 7. The highest BCUT2D eigenvalue weighted by molar-refractivity contribution is 14.1. The van der Waals surface area contributed by atoms with Gasteiger partial charge in [0.1, 0.15) is 12.4 Å². The normalized spacial score (nSPS) is 11.6. The Bertz CT molecular complexity index is 1130. The lowest BCUT2D eigenvalue weighted by molar-refractivity contribution is -0.137. The summed E-state index contributed by atoms with van der Waals surface area (Å²) in [5.41, 5.74) is 3.29. The average Bonchev–Trinajstić information content (AvgIpc) is 2.74. The van der Waals surface area contributed by atoms with Crippen LogP contribution < -0.4 is 14.9 Å². The summed E-state index contributed by atoms with van der Waals surface area (Å²) >= 11 is 14.1. The zero-order chi connectivity index (χ0) is 23.3. The second kappa shape index (κ2) is 10.6. The van der Waals surface area contributed by atoms with Crippen molar-refractivity contribution in [2.24, 2.45) is 5.10 Å². The number of alkyl halides is 3. The van der Waals surface area contributed by atoms with E-state index in [1.807, 2.05) is 12.1 Å². The van der Waals surface area contributed by atoms with E-state index in [0.717, 1.165) is 21.4 Å². The molecule has 3 rings (SSSR count). The van der Waals surface area contributed by atoms with Crippen LogP contribution in [-0.2, 0) is 12.8 Å². The fourth-order valence-electron chi connectivity index (χ4n) is 2.54. The van der Waals surface area contributed by atoms with E-state index in [9.17, 15) is 13.2 Å². The quantitative estimate of drug-likeness (QED) is 0.181. The van der Waals surface area contributed by atoms with Gasteiger partial charge in [-0.25, -0.2) is 4.98 Å². The van der Waals surface area contributed by atoms with Gasteiger partial charge in [-0.15, -0.1) is 0 Å². The number of methoxy groups -OCH3 is 1. The lowest BCUT2D eigenvalue weighted by atomic mass is 10.2. The number of benzene rings is 2. The summed E-state index contributed by atoms with van der Waals surface area (Å²) in [6.45, 7) is 0.262. The largest absolute Gasteiger partial charge is 0.493 e. The zero-order valence-electron chi connectivity index (χ0n) is 16.4. The number of hydrogen-bond donors (Lipinski definition) is 1. The van der Waals surface area contributed by atoms with Gasteiger partial charge in [0, 0.05) is 6.20 Å². The molecule has 0 fully saturated rings. The van der Waals surface area contributed by atoms with Crippen LogP contribution in [0.25, 0.3) is 0 Å². The molecule has 0 aliphatic carbocycles. The van der Waals surface area contributed by atoms with Crippen molar-refractivity contribution >= 4 is 57.8 Å². The lowest BCUT2D eigenvalue weighted by Crippen LogP contribution is -2.05. The minimum atomic E-state index is -4.44. The smallest absolute Gasteiger partial charge is 0.417 e. The molecule has 0 amide bonds. The molecule has 0 bridgehead atoms. The number of anilines is 1. The zero-order valence-corrected chi connectivity index (χ0v) is 20.1. The molecule has 5 nitrogen and oxygen atoms in total. The monoisotopic (exact) mass is 595 g/mol. The van der Waals surface area contributed by atoms with Crippen LogP contribution in [0.1, 0.15) is 16.7 Å². The molecule has 1 heterocycles. The maximum Gasteiger partial charge on any atom is 0.417 e. The molecule has 0 unspecified atom stereocenters. The van der Waals surface area contributed by atoms with Gasteiger partial charge in [-0.05, 0) is 70.1 Å². The third kappa shape index (κ3) is 6.39. The van der Waals surface area contributed by atoms with Gasteiger partial charge in [0.2, 0.25) is 0 Å². The number of aromatic nitrogens is 1. The SMILES string of the molecule is COc1cc(/C=N\Nc2ccc(C(F)(F)F)cn2)cc(I)c1OCc1ccc(Cl)c(Cl)c1.